The van der Waals surface area contributed by atoms with Crippen molar-refractivity contribution in [1.82, 2.24) is 33.1 Å². The lowest BCUT2D eigenvalue weighted by atomic mass is 10.1. The van der Waals surface area contributed by atoms with Crippen LogP contribution in [-0.4, -0.2) is 128 Å². The van der Waals surface area contributed by atoms with Gasteiger partial charge in [0.15, 0.2) is 11.5 Å². The third-order valence-corrected chi connectivity index (χ3v) is 11.9. The normalized spacial score (nSPS) is 14.3. The Morgan fingerprint density at radius 2 is 1.17 bits per heavy atom. The Morgan fingerprint density at radius 3 is 1.67 bits per heavy atom. The monoisotopic (exact) mass is 869 g/mol. The van der Waals surface area contributed by atoms with E-state index in [0.29, 0.717) is 83.3 Å². The summed E-state index contributed by atoms with van der Waals surface area (Å²) in [6, 6.07) is 28.3. The molecule has 1 fully saturated rings. The van der Waals surface area contributed by atoms with E-state index in [9.17, 15) is 30.3 Å². The van der Waals surface area contributed by atoms with E-state index in [-0.39, 0.29) is 24.3 Å². The van der Waals surface area contributed by atoms with Crippen LogP contribution in [0.5, 0.6) is 11.5 Å². The molecule has 0 saturated carbocycles. The number of ether oxygens (including phenoxy) is 2. The zero-order chi connectivity index (χ0) is 45.5. The Morgan fingerprint density at radius 1 is 0.672 bits per heavy atom. The highest BCUT2D eigenvalue weighted by Crippen LogP contribution is 2.28. The van der Waals surface area contributed by atoms with Gasteiger partial charge < -0.3 is 39.2 Å². The van der Waals surface area contributed by atoms with Crippen LogP contribution >= 0.6 is 0 Å². The average Bonchev–Trinajstić information content (AvgIpc) is 3.79. The number of nitriles is 2. The number of fused-ring (bicyclic) bond motifs is 6. The van der Waals surface area contributed by atoms with Crippen LogP contribution in [0.25, 0.3) is 33.4 Å². The number of β-amino-alcohol motifs (C(OH)–C–C–N with tert-alkyl or cyclic N) is 2. The number of aliphatic hydroxyl groups excluding tert-OH is 3. The molecule has 2 atom stereocenters. The summed E-state index contributed by atoms with van der Waals surface area (Å²) >= 11 is 0. The molecule has 334 valence electrons. The summed E-state index contributed by atoms with van der Waals surface area (Å²) in [5.41, 5.74) is 7.00. The molecule has 1 aliphatic heterocycles. The molecule has 0 radical (unpaired) electrons. The quantitative estimate of drug-likeness (QED) is 0.110. The number of nitrogens with zero attached hydrogens (tertiary/aromatic N) is 8. The number of imidazole rings is 2. The summed E-state index contributed by atoms with van der Waals surface area (Å²) in [5, 5.41) is 53.6. The van der Waals surface area contributed by atoms with E-state index in [1.807, 2.05) is 75.9 Å². The summed E-state index contributed by atoms with van der Waals surface area (Å²) in [7, 11) is 3.22. The molecule has 4 N–H and O–H groups in total. The minimum atomic E-state index is -0.716. The van der Waals surface area contributed by atoms with E-state index in [1.165, 1.54) is 12.1 Å². The van der Waals surface area contributed by atoms with Gasteiger partial charge >= 0.3 is 0 Å². The molecule has 0 spiro atoms. The summed E-state index contributed by atoms with van der Waals surface area (Å²) in [4.78, 5) is 29.9. The summed E-state index contributed by atoms with van der Waals surface area (Å²) < 4.78 is 17.5. The Kier molecular flexibility index (Phi) is 14.5. The maximum atomic E-state index is 12.8. The molecule has 3 aromatic carbocycles. The number of piperazine rings is 1. The van der Waals surface area contributed by atoms with Crippen LogP contribution in [0.4, 0.5) is 0 Å². The second-order valence-corrected chi connectivity index (χ2v) is 16.1. The van der Waals surface area contributed by atoms with Crippen LogP contribution in [0, 0.1) is 36.5 Å². The van der Waals surface area contributed by atoms with E-state index in [2.05, 4.69) is 27.3 Å². The highest BCUT2D eigenvalue weighted by atomic mass is 16.5. The summed E-state index contributed by atoms with van der Waals surface area (Å²) in [6.45, 7) is 9.89. The van der Waals surface area contributed by atoms with Gasteiger partial charge in [-0.2, -0.15) is 10.5 Å². The van der Waals surface area contributed by atoms with Crippen LogP contribution in [0.3, 0.4) is 0 Å². The maximum Gasteiger partial charge on any atom is 0.257 e. The van der Waals surface area contributed by atoms with Gasteiger partial charge in [-0.15, -0.1) is 0 Å². The SMILES string of the molecule is COc1ccc(CCNCC(O)Cn2c3ccccc3n3c(=O)cc(C)c(C#N)c23)cc1OC.Cc1cc(=O)n2c3ccccc3n(CC(O)CN3CCN(CCO)CC3)c2c1C#N. The minimum Gasteiger partial charge on any atom is -0.493 e. The van der Waals surface area contributed by atoms with E-state index < -0.39 is 12.2 Å². The highest BCUT2D eigenvalue weighted by molar-refractivity contribution is 5.85. The lowest BCUT2D eigenvalue weighted by Crippen LogP contribution is -2.49. The molecule has 1 aliphatic rings. The van der Waals surface area contributed by atoms with E-state index in [4.69, 9.17) is 14.6 Å². The number of aromatic nitrogens is 4. The van der Waals surface area contributed by atoms with E-state index >= 15 is 0 Å². The first kappa shape index (κ1) is 45.5. The first-order valence-corrected chi connectivity index (χ1v) is 21.4. The van der Waals surface area contributed by atoms with Gasteiger partial charge in [0.05, 0.1) is 79.3 Å². The number of hydrogen-bond acceptors (Lipinski definition) is 12. The molecule has 5 heterocycles. The third kappa shape index (κ3) is 9.39. The average molecular weight is 870 g/mol. The number of nitrogens with one attached hydrogen (secondary N) is 1. The van der Waals surface area contributed by atoms with Crippen LogP contribution in [0.15, 0.2) is 88.5 Å². The molecule has 4 aromatic heterocycles. The van der Waals surface area contributed by atoms with Gasteiger partial charge in [0.2, 0.25) is 0 Å². The number of hydrogen-bond donors (Lipinski definition) is 4. The highest BCUT2D eigenvalue weighted by Gasteiger charge is 2.23. The molecule has 0 amide bonds. The first-order chi connectivity index (χ1) is 31.0. The van der Waals surface area contributed by atoms with Crippen molar-refractivity contribution in [2.75, 3.05) is 73.2 Å². The fourth-order valence-corrected chi connectivity index (χ4v) is 8.76. The standard InChI is InChI=1S/C26H28N4O4.C22H27N5O3/c1-17-12-25(32)30-22-7-5-4-6-21(22)29(26(30)20(17)14-27)16-19(31)15-28-11-10-18-8-9-23(33-2)24(13-18)34-3;1-16-12-21(30)27-20-5-3-2-4-19(20)26(22(27)18(16)13-23)15-17(29)14-25-8-6-24(7-9-25)10-11-28/h4-9,12-13,19,28,31H,10-11,15-16H2,1-3H3;2-5,12,17,28-29H,6-11,14-15H2,1H3. The fourth-order valence-electron chi connectivity index (χ4n) is 8.76. The number of para-hydroxylation sites is 4. The second kappa shape index (κ2) is 20.3. The zero-order valence-corrected chi connectivity index (χ0v) is 36.7. The molecular formula is C48H55N9O7. The number of aliphatic hydroxyl groups is 3. The van der Waals surface area contributed by atoms with Gasteiger partial charge in [-0.1, -0.05) is 30.3 Å². The van der Waals surface area contributed by atoms with Crippen LogP contribution in [0.1, 0.15) is 27.8 Å². The largest absolute Gasteiger partial charge is 0.493 e. The molecular weight excluding hydrogens is 815 g/mol. The van der Waals surface area contributed by atoms with Gasteiger partial charge in [-0.3, -0.25) is 28.2 Å². The number of aryl methyl sites for hydroxylation is 2. The van der Waals surface area contributed by atoms with Gasteiger partial charge in [0.25, 0.3) is 11.1 Å². The predicted octanol–water partition coefficient (Wildman–Crippen LogP) is 3.05. The number of methoxy groups -OCH3 is 2. The van der Waals surface area contributed by atoms with Crippen LogP contribution < -0.4 is 25.9 Å². The number of benzene rings is 3. The molecule has 8 rings (SSSR count). The van der Waals surface area contributed by atoms with Crippen molar-refractivity contribution >= 4 is 33.4 Å². The van der Waals surface area contributed by atoms with Crippen molar-refractivity contribution in [1.29, 1.82) is 10.5 Å². The van der Waals surface area contributed by atoms with Crippen LogP contribution in [0.2, 0.25) is 0 Å². The third-order valence-electron chi connectivity index (χ3n) is 11.9. The van der Waals surface area contributed by atoms with E-state index in [0.717, 1.165) is 54.7 Å². The van der Waals surface area contributed by atoms with Crippen molar-refractivity contribution < 1.29 is 24.8 Å². The summed E-state index contributed by atoms with van der Waals surface area (Å²) in [6.07, 6.45) is -0.598. The number of rotatable bonds is 15. The molecule has 1 saturated heterocycles. The van der Waals surface area contributed by atoms with Crippen molar-refractivity contribution in [3.05, 3.63) is 127 Å². The minimum absolute atomic E-state index is 0.163. The Hall–Kier alpha value is -6.50. The molecule has 16 nitrogen and oxygen atoms in total. The topological polar surface area (TPSA) is 198 Å². The Labute approximate surface area is 370 Å². The van der Waals surface area contributed by atoms with Crippen molar-refractivity contribution in [2.45, 2.75) is 45.6 Å². The summed E-state index contributed by atoms with van der Waals surface area (Å²) in [5.74, 6) is 1.37. The van der Waals surface area contributed by atoms with Crippen molar-refractivity contribution in [3.8, 4) is 23.6 Å². The Bertz CT molecular complexity index is 2980. The molecule has 2 unspecified atom stereocenters. The fraction of sp³-hybridized carbons (Fsp3) is 0.375. The predicted molar refractivity (Wildman–Crippen MR) is 245 cm³/mol. The van der Waals surface area contributed by atoms with Gasteiger partial charge in [-0.05, 0) is 79.9 Å². The second-order valence-electron chi connectivity index (χ2n) is 16.1. The van der Waals surface area contributed by atoms with Gasteiger partial charge in [0.1, 0.15) is 23.4 Å². The van der Waals surface area contributed by atoms with Gasteiger partial charge in [-0.25, -0.2) is 0 Å². The Balaban J connectivity index is 0.000000193. The lowest BCUT2D eigenvalue weighted by molar-refractivity contribution is 0.0600. The lowest BCUT2D eigenvalue weighted by Gasteiger charge is -2.35. The van der Waals surface area contributed by atoms with Crippen molar-refractivity contribution in [3.63, 3.8) is 0 Å². The first-order valence-electron chi connectivity index (χ1n) is 21.4. The zero-order valence-electron chi connectivity index (χ0n) is 36.7. The maximum absolute atomic E-state index is 12.8. The molecule has 0 bridgehead atoms. The molecule has 16 heteroatoms. The van der Waals surface area contributed by atoms with E-state index in [1.54, 1.807) is 36.9 Å². The molecule has 64 heavy (non-hydrogen) atoms. The molecule has 7 aromatic rings. The molecule has 0 aliphatic carbocycles. The smallest absolute Gasteiger partial charge is 0.257 e. The van der Waals surface area contributed by atoms with Gasteiger partial charge in [0, 0.05) is 57.9 Å². The van der Waals surface area contributed by atoms with Crippen molar-refractivity contribution in [2.24, 2.45) is 0 Å². The van der Waals surface area contributed by atoms with Crippen LogP contribution in [-0.2, 0) is 19.5 Å². The number of pyridine rings is 2.